The summed E-state index contributed by atoms with van der Waals surface area (Å²) in [5, 5.41) is 4.80. The third-order valence-electron chi connectivity index (χ3n) is 5.09. The van der Waals surface area contributed by atoms with E-state index in [1.54, 1.807) is 35.6 Å². The summed E-state index contributed by atoms with van der Waals surface area (Å²) in [7, 11) is -3.74. The van der Waals surface area contributed by atoms with Gasteiger partial charge in [0.2, 0.25) is 10.0 Å². The van der Waals surface area contributed by atoms with Crippen molar-refractivity contribution >= 4 is 33.0 Å². The maximum Gasteiger partial charge on any atom is 0.255 e. The number of morpholine rings is 1. The first kappa shape index (κ1) is 23.2. The van der Waals surface area contributed by atoms with Crippen LogP contribution in [0.2, 0.25) is 0 Å². The number of sulfonamides is 1. The van der Waals surface area contributed by atoms with Crippen LogP contribution in [0.5, 0.6) is 0 Å². The molecule has 0 radical (unpaired) electrons. The lowest BCUT2D eigenvalue weighted by atomic mass is 10.1. The van der Waals surface area contributed by atoms with Gasteiger partial charge in [-0.1, -0.05) is 30.0 Å². The van der Waals surface area contributed by atoms with Crippen LogP contribution in [-0.2, 0) is 14.8 Å². The van der Waals surface area contributed by atoms with Crippen molar-refractivity contribution in [3.63, 3.8) is 0 Å². The molecule has 0 bridgehead atoms. The zero-order chi connectivity index (χ0) is 23.4. The third kappa shape index (κ3) is 5.70. The molecule has 6 nitrogen and oxygen atoms in total. The molecule has 2 aromatic carbocycles. The van der Waals surface area contributed by atoms with Crippen LogP contribution in [0.15, 0.2) is 70.9 Å². The van der Waals surface area contributed by atoms with Gasteiger partial charge < -0.3 is 10.1 Å². The molecule has 1 aliphatic rings. The minimum atomic E-state index is -3.74. The normalized spacial score (nSPS) is 18.8. The lowest BCUT2D eigenvalue weighted by molar-refractivity contribution is -0.0440. The predicted octanol–water partition coefficient (Wildman–Crippen LogP) is 4.20. The molecule has 170 valence electrons. The highest BCUT2D eigenvalue weighted by Crippen LogP contribution is 2.22. The Morgan fingerprint density at radius 2 is 1.79 bits per heavy atom. The largest absolute Gasteiger partial charge is 0.373 e. The zero-order valence-electron chi connectivity index (χ0n) is 18.3. The van der Waals surface area contributed by atoms with E-state index in [9.17, 15) is 13.2 Å². The number of ether oxygens (including phenoxy) is 1. The van der Waals surface area contributed by atoms with Crippen LogP contribution in [0.25, 0.3) is 0 Å². The minimum Gasteiger partial charge on any atom is -0.373 e. The van der Waals surface area contributed by atoms with Crippen LogP contribution < -0.4 is 5.32 Å². The Morgan fingerprint density at radius 1 is 1.03 bits per heavy atom. The topological polar surface area (TPSA) is 75.7 Å². The second-order valence-electron chi connectivity index (χ2n) is 7.87. The van der Waals surface area contributed by atoms with E-state index >= 15 is 0 Å². The van der Waals surface area contributed by atoms with Crippen LogP contribution >= 0.6 is 11.3 Å². The summed E-state index contributed by atoms with van der Waals surface area (Å²) in [5.41, 5.74) is 1.62. The number of benzene rings is 2. The molecule has 3 aromatic rings. The zero-order valence-corrected chi connectivity index (χ0v) is 19.9. The van der Waals surface area contributed by atoms with Gasteiger partial charge in [0.1, 0.15) is 0 Å². The second-order valence-corrected chi connectivity index (χ2v) is 10.8. The molecular formula is C25H24N2O4S2. The molecule has 0 spiro atoms. The molecule has 1 aliphatic heterocycles. The highest BCUT2D eigenvalue weighted by atomic mass is 32.2. The van der Waals surface area contributed by atoms with E-state index < -0.39 is 10.0 Å². The van der Waals surface area contributed by atoms with Crippen LogP contribution in [-0.4, -0.2) is 43.9 Å². The smallest absolute Gasteiger partial charge is 0.255 e. The number of nitrogens with one attached hydrogen (secondary N) is 1. The highest BCUT2D eigenvalue weighted by Gasteiger charge is 2.32. The summed E-state index contributed by atoms with van der Waals surface area (Å²) in [4.78, 5) is 13.9. The number of carbonyl (C=O) groups is 1. The molecule has 1 amide bonds. The Labute approximate surface area is 198 Å². The summed E-state index contributed by atoms with van der Waals surface area (Å²) in [6, 6.07) is 17.2. The van der Waals surface area contributed by atoms with Crippen molar-refractivity contribution in [3.05, 3.63) is 82.0 Å². The molecule has 1 fully saturated rings. The van der Waals surface area contributed by atoms with Crippen molar-refractivity contribution in [3.8, 4) is 11.8 Å². The molecule has 1 saturated heterocycles. The number of hydrogen-bond acceptors (Lipinski definition) is 5. The third-order valence-corrected chi connectivity index (χ3v) is 7.70. The fraction of sp³-hybridized carbons (Fsp3) is 0.240. The van der Waals surface area contributed by atoms with Crippen molar-refractivity contribution < 1.29 is 17.9 Å². The summed E-state index contributed by atoms with van der Waals surface area (Å²) in [6.45, 7) is 4.26. The van der Waals surface area contributed by atoms with E-state index in [4.69, 9.17) is 4.74 Å². The molecule has 2 heterocycles. The standard InChI is InChI=1S/C25H24N2O4S2/c1-18-16-27(17-19(2)31-18)33(29,30)24-10-4-7-21(15-24)25(28)26-22-8-3-6-20(14-22)11-12-23-9-5-13-32-23/h3-10,13-15,18-19H,16-17H2,1-2H3,(H,26,28). The Morgan fingerprint density at radius 3 is 2.52 bits per heavy atom. The summed E-state index contributed by atoms with van der Waals surface area (Å²) in [6.07, 6.45) is -0.379. The number of hydrogen-bond donors (Lipinski definition) is 1. The molecule has 33 heavy (non-hydrogen) atoms. The number of thiophene rings is 1. The highest BCUT2D eigenvalue weighted by molar-refractivity contribution is 7.89. The number of rotatable bonds is 4. The van der Waals surface area contributed by atoms with E-state index in [-0.39, 0.29) is 41.7 Å². The fourth-order valence-corrected chi connectivity index (χ4v) is 5.84. The number of nitrogens with zero attached hydrogens (tertiary/aromatic N) is 1. The molecular weight excluding hydrogens is 456 g/mol. The molecule has 2 unspecified atom stereocenters. The Kier molecular flexibility index (Phi) is 6.96. The lowest BCUT2D eigenvalue weighted by Gasteiger charge is -2.34. The van der Waals surface area contributed by atoms with Crippen molar-refractivity contribution in [1.82, 2.24) is 4.31 Å². The van der Waals surface area contributed by atoms with Crippen molar-refractivity contribution in [1.29, 1.82) is 0 Å². The molecule has 1 aromatic heterocycles. The number of amides is 1. The van der Waals surface area contributed by atoms with Gasteiger partial charge in [0.05, 0.1) is 22.0 Å². The molecule has 4 rings (SSSR count). The molecule has 8 heteroatoms. The Balaban J connectivity index is 1.51. The van der Waals surface area contributed by atoms with Crippen molar-refractivity contribution in [2.24, 2.45) is 0 Å². The monoisotopic (exact) mass is 480 g/mol. The van der Waals surface area contributed by atoms with Crippen LogP contribution in [0.3, 0.4) is 0 Å². The quantitative estimate of drug-likeness (QED) is 0.568. The number of anilines is 1. The fourth-order valence-electron chi connectivity index (χ4n) is 3.64. The predicted molar refractivity (Wildman–Crippen MR) is 130 cm³/mol. The van der Waals surface area contributed by atoms with Crippen molar-refractivity contribution in [2.45, 2.75) is 31.0 Å². The lowest BCUT2D eigenvalue weighted by Crippen LogP contribution is -2.48. The van der Waals surface area contributed by atoms with Gasteiger partial charge in [-0.3, -0.25) is 4.79 Å². The first-order valence-corrected chi connectivity index (χ1v) is 12.9. The molecule has 0 aliphatic carbocycles. The van der Waals surface area contributed by atoms with E-state index in [1.165, 1.54) is 16.4 Å². The molecule has 0 saturated carbocycles. The van der Waals surface area contributed by atoms with Gasteiger partial charge in [0, 0.05) is 29.9 Å². The van der Waals surface area contributed by atoms with Gasteiger partial charge in [-0.05, 0) is 61.7 Å². The van der Waals surface area contributed by atoms with E-state index in [1.807, 2.05) is 43.5 Å². The van der Waals surface area contributed by atoms with Crippen LogP contribution in [0.1, 0.15) is 34.6 Å². The van der Waals surface area contributed by atoms with Crippen molar-refractivity contribution in [2.75, 3.05) is 18.4 Å². The molecule has 1 N–H and O–H groups in total. The SMILES string of the molecule is CC1CN(S(=O)(=O)c2cccc(C(=O)Nc3cccc(C#Cc4cccs4)c3)c2)CC(C)O1. The maximum absolute atomic E-state index is 13.1. The first-order chi connectivity index (χ1) is 15.8. The van der Waals surface area contributed by atoms with Crippen LogP contribution in [0.4, 0.5) is 5.69 Å². The van der Waals surface area contributed by atoms with Crippen LogP contribution in [0, 0.1) is 11.8 Å². The van der Waals surface area contributed by atoms with E-state index in [0.717, 1.165) is 10.4 Å². The van der Waals surface area contributed by atoms with Gasteiger partial charge in [-0.15, -0.1) is 11.3 Å². The Bertz CT molecular complexity index is 1300. The number of carbonyl (C=O) groups excluding carboxylic acids is 1. The summed E-state index contributed by atoms with van der Waals surface area (Å²) < 4.78 is 33.4. The van der Waals surface area contributed by atoms with Gasteiger partial charge in [-0.2, -0.15) is 4.31 Å². The van der Waals surface area contributed by atoms with Gasteiger partial charge in [-0.25, -0.2) is 8.42 Å². The van der Waals surface area contributed by atoms with Gasteiger partial charge in [0.15, 0.2) is 0 Å². The van der Waals surface area contributed by atoms with E-state index in [2.05, 4.69) is 17.2 Å². The van der Waals surface area contributed by atoms with Gasteiger partial charge in [0.25, 0.3) is 5.91 Å². The summed E-state index contributed by atoms with van der Waals surface area (Å²) in [5.74, 6) is 5.79. The summed E-state index contributed by atoms with van der Waals surface area (Å²) >= 11 is 1.57. The average molecular weight is 481 g/mol. The average Bonchev–Trinajstić information content (AvgIpc) is 3.31. The maximum atomic E-state index is 13.1. The Hall–Kier alpha value is -2.96. The minimum absolute atomic E-state index is 0.0898. The van der Waals surface area contributed by atoms with Gasteiger partial charge >= 0.3 is 0 Å². The van der Waals surface area contributed by atoms with E-state index in [0.29, 0.717) is 5.69 Å². The molecule has 2 atom stereocenters. The second kappa shape index (κ2) is 9.89. The first-order valence-electron chi connectivity index (χ1n) is 10.5.